The monoisotopic (exact) mass is 234 g/mol. The van der Waals surface area contributed by atoms with Gasteiger partial charge in [0.15, 0.2) is 0 Å². The van der Waals surface area contributed by atoms with Gasteiger partial charge in [-0.2, -0.15) is 0 Å². The Kier molecular flexibility index (Phi) is 3.60. The molecule has 0 radical (unpaired) electrons. The van der Waals surface area contributed by atoms with Crippen LogP contribution >= 0.6 is 0 Å². The number of hydrogen-bond acceptors (Lipinski definition) is 4. The van der Waals surface area contributed by atoms with Crippen molar-refractivity contribution >= 4 is 10.0 Å². The van der Waals surface area contributed by atoms with E-state index in [0.717, 1.165) is 25.9 Å². The summed E-state index contributed by atoms with van der Waals surface area (Å²) in [7, 11) is -3.09. The van der Waals surface area contributed by atoms with Gasteiger partial charge in [-0.25, -0.2) is 13.1 Å². The smallest absolute Gasteiger partial charge is 0.211 e. The maximum Gasteiger partial charge on any atom is 0.211 e. The molecule has 0 spiro atoms. The summed E-state index contributed by atoms with van der Waals surface area (Å²) in [5.41, 5.74) is 0. The molecule has 0 amide bonds. The largest absolute Gasteiger partial charge is 0.380 e. The van der Waals surface area contributed by atoms with E-state index in [1.54, 1.807) is 0 Å². The molecule has 0 aromatic carbocycles. The van der Waals surface area contributed by atoms with Crippen molar-refractivity contribution in [3.8, 4) is 0 Å². The van der Waals surface area contributed by atoms with E-state index in [0.29, 0.717) is 19.1 Å². The molecule has 6 heteroatoms. The molecule has 1 unspecified atom stereocenters. The van der Waals surface area contributed by atoms with Gasteiger partial charge < -0.3 is 10.1 Å². The Hall–Kier alpha value is -0.170. The Morgan fingerprint density at radius 1 is 1.40 bits per heavy atom. The van der Waals surface area contributed by atoms with E-state index < -0.39 is 10.0 Å². The second kappa shape index (κ2) is 4.78. The van der Waals surface area contributed by atoms with E-state index in [1.807, 2.05) is 0 Å². The van der Waals surface area contributed by atoms with Gasteiger partial charge in [0.2, 0.25) is 10.0 Å². The molecule has 2 N–H and O–H groups in total. The lowest BCUT2D eigenvalue weighted by molar-refractivity contribution is 0.192. The van der Waals surface area contributed by atoms with Gasteiger partial charge >= 0.3 is 0 Å². The lowest BCUT2D eigenvalue weighted by Gasteiger charge is -2.26. The average molecular weight is 234 g/mol. The van der Waals surface area contributed by atoms with Crippen LogP contribution in [0.1, 0.15) is 12.8 Å². The fourth-order valence-corrected chi connectivity index (χ4v) is 3.27. The Balaban J connectivity index is 1.72. The molecule has 2 aliphatic heterocycles. The maximum atomic E-state index is 11.6. The first-order chi connectivity index (χ1) is 7.16. The molecule has 2 aliphatic rings. The van der Waals surface area contributed by atoms with E-state index in [1.165, 1.54) is 0 Å². The summed E-state index contributed by atoms with van der Waals surface area (Å²) < 4.78 is 31.1. The Labute approximate surface area is 90.6 Å². The molecule has 5 nitrogen and oxygen atoms in total. The second-order valence-corrected chi connectivity index (χ2v) is 6.18. The van der Waals surface area contributed by atoms with Crippen molar-refractivity contribution in [1.29, 1.82) is 0 Å². The first-order valence-electron chi connectivity index (χ1n) is 5.44. The summed E-state index contributed by atoms with van der Waals surface area (Å²) in [6.07, 6.45) is 1.56. The van der Waals surface area contributed by atoms with E-state index >= 15 is 0 Å². The summed E-state index contributed by atoms with van der Waals surface area (Å²) in [5, 5.41) is 3.14. The molecule has 0 saturated carbocycles. The molecule has 0 bridgehead atoms. The lowest BCUT2D eigenvalue weighted by atomic mass is 10.0. The van der Waals surface area contributed by atoms with Gasteiger partial charge in [0.25, 0.3) is 0 Å². The highest BCUT2D eigenvalue weighted by molar-refractivity contribution is 7.89. The number of nitrogens with one attached hydrogen (secondary N) is 2. The predicted octanol–water partition coefficient (Wildman–Crippen LogP) is -0.696. The summed E-state index contributed by atoms with van der Waals surface area (Å²) in [5.74, 6) is 0.789. The fourth-order valence-electron chi connectivity index (χ4n) is 1.81. The minimum Gasteiger partial charge on any atom is -0.380 e. The minimum absolute atomic E-state index is 0.00508. The molecule has 2 fully saturated rings. The van der Waals surface area contributed by atoms with E-state index in [9.17, 15) is 8.42 Å². The zero-order valence-electron chi connectivity index (χ0n) is 8.74. The van der Waals surface area contributed by atoms with Gasteiger partial charge in [-0.3, -0.25) is 0 Å². The molecule has 2 rings (SSSR count). The van der Waals surface area contributed by atoms with Crippen molar-refractivity contribution in [2.75, 3.05) is 32.1 Å². The normalized spacial score (nSPS) is 27.9. The van der Waals surface area contributed by atoms with Crippen LogP contribution in [-0.4, -0.2) is 46.5 Å². The molecule has 0 aliphatic carbocycles. The van der Waals surface area contributed by atoms with Crippen LogP contribution in [0.2, 0.25) is 0 Å². The quantitative estimate of drug-likeness (QED) is 0.660. The van der Waals surface area contributed by atoms with E-state index in [-0.39, 0.29) is 11.8 Å². The fraction of sp³-hybridized carbons (Fsp3) is 1.00. The standard InChI is InChI=1S/C9H18N2O3S/c12-15(13,4-2-8-5-10-6-8)11-9-1-3-14-7-9/h8-11H,1-7H2. The van der Waals surface area contributed by atoms with Crippen LogP contribution in [0.15, 0.2) is 0 Å². The van der Waals surface area contributed by atoms with E-state index in [4.69, 9.17) is 4.74 Å². The third kappa shape index (κ3) is 3.41. The van der Waals surface area contributed by atoms with Crippen LogP contribution in [0.25, 0.3) is 0 Å². The summed E-state index contributed by atoms with van der Waals surface area (Å²) in [4.78, 5) is 0. The van der Waals surface area contributed by atoms with Gasteiger partial charge in [-0.1, -0.05) is 0 Å². The summed E-state index contributed by atoms with van der Waals surface area (Å²) in [6.45, 7) is 3.11. The highest BCUT2D eigenvalue weighted by Gasteiger charge is 2.24. The highest BCUT2D eigenvalue weighted by atomic mass is 32.2. The van der Waals surface area contributed by atoms with Crippen LogP contribution in [0, 0.1) is 5.92 Å². The van der Waals surface area contributed by atoms with Gasteiger partial charge in [0, 0.05) is 12.6 Å². The first-order valence-corrected chi connectivity index (χ1v) is 7.09. The number of sulfonamides is 1. The van der Waals surface area contributed by atoms with Crippen LogP contribution in [0.3, 0.4) is 0 Å². The van der Waals surface area contributed by atoms with Crippen molar-refractivity contribution in [3.05, 3.63) is 0 Å². The molecular formula is C9H18N2O3S. The highest BCUT2D eigenvalue weighted by Crippen LogP contribution is 2.11. The van der Waals surface area contributed by atoms with Gasteiger partial charge in [-0.05, 0) is 31.8 Å². The van der Waals surface area contributed by atoms with Crippen LogP contribution < -0.4 is 10.0 Å². The van der Waals surface area contributed by atoms with Crippen LogP contribution in [0.5, 0.6) is 0 Å². The first kappa shape index (κ1) is 11.3. The van der Waals surface area contributed by atoms with Crippen LogP contribution in [0.4, 0.5) is 0 Å². The third-order valence-corrected chi connectivity index (χ3v) is 4.40. The Bertz CT molecular complexity index is 294. The van der Waals surface area contributed by atoms with Crippen LogP contribution in [-0.2, 0) is 14.8 Å². The zero-order valence-corrected chi connectivity index (χ0v) is 9.55. The molecular weight excluding hydrogens is 216 g/mol. The molecule has 88 valence electrons. The van der Waals surface area contributed by atoms with E-state index in [2.05, 4.69) is 10.0 Å². The van der Waals surface area contributed by atoms with Gasteiger partial charge in [0.05, 0.1) is 12.4 Å². The second-order valence-electron chi connectivity index (χ2n) is 4.31. The molecule has 0 aromatic heterocycles. The maximum absolute atomic E-state index is 11.6. The molecule has 2 heterocycles. The topological polar surface area (TPSA) is 67.4 Å². The number of hydrogen-bond donors (Lipinski definition) is 2. The average Bonchev–Trinajstić information content (AvgIpc) is 2.52. The number of ether oxygens (including phenoxy) is 1. The van der Waals surface area contributed by atoms with Gasteiger partial charge in [-0.15, -0.1) is 0 Å². The summed E-state index contributed by atoms with van der Waals surface area (Å²) in [6, 6.07) is -0.00508. The van der Waals surface area contributed by atoms with Crippen molar-refractivity contribution in [2.24, 2.45) is 5.92 Å². The van der Waals surface area contributed by atoms with Crippen molar-refractivity contribution in [2.45, 2.75) is 18.9 Å². The molecule has 1 atom stereocenters. The van der Waals surface area contributed by atoms with Crippen molar-refractivity contribution in [3.63, 3.8) is 0 Å². The predicted molar refractivity (Wildman–Crippen MR) is 57.1 cm³/mol. The Morgan fingerprint density at radius 2 is 2.20 bits per heavy atom. The third-order valence-electron chi connectivity index (χ3n) is 2.94. The van der Waals surface area contributed by atoms with Crippen molar-refractivity contribution in [1.82, 2.24) is 10.0 Å². The minimum atomic E-state index is -3.09. The lowest BCUT2D eigenvalue weighted by Crippen LogP contribution is -2.44. The van der Waals surface area contributed by atoms with Crippen molar-refractivity contribution < 1.29 is 13.2 Å². The summed E-state index contributed by atoms with van der Waals surface area (Å²) >= 11 is 0. The SMILES string of the molecule is O=S(=O)(CCC1CNC1)NC1CCOC1. The number of rotatable bonds is 5. The molecule has 0 aromatic rings. The zero-order chi connectivity index (χ0) is 10.7. The van der Waals surface area contributed by atoms with Gasteiger partial charge in [0.1, 0.15) is 0 Å². The molecule has 15 heavy (non-hydrogen) atoms. The molecule has 2 saturated heterocycles. The Morgan fingerprint density at radius 3 is 2.73 bits per heavy atom.